The van der Waals surface area contributed by atoms with Crippen LogP contribution in [0.2, 0.25) is 0 Å². The Morgan fingerprint density at radius 2 is 1.79 bits per heavy atom. The maximum atomic E-state index is 13.9. The monoisotopic (exact) mass is 530 g/mol. The molecule has 1 fully saturated rings. The summed E-state index contributed by atoms with van der Waals surface area (Å²) in [6.45, 7) is 1.69. The summed E-state index contributed by atoms with van der Waals surface area (Å²) in [6.07, 6.45) is 10.0. The highest BCUT2D eigenvalue weighted by molar-refractivity contribution is 6.01. The number of aryl methyl sites for hydroxylation is 1. The fourth-order valence-electron chi connectivity index (χ4n) is 5.13. The van der Waals surface area contributed by atoms with E-state index in [-0.39, 0.29) is 29.8 Å². The Kier molecular flexibility index (Phi) is 10.00. The number of primary amides is 1. The number of hydrogen-bond acceptors (Lipinski definition) is 6. The lowest BCUT2D eigenvalue weighted by Crippen LogP contribution is -2.41. The topological polar surface area (TPSA) is 128 Å². The number of aromatic nitrogens is 2. The first-order chi connectivity index (χ1) is 18.9. The van der Waals surface area contributed by atoms with Gasteiger partial charge in [-0.05, 0) is 42.9 Å². The normalized spacial score (nSPS) is 15.4. The van der Waals surface area contributed by atoms with E-state index < -0.39 is 17.9 Å². The molecule has 2 amide bonds. The lowest BCUT2D eigenvalue weighted by Gasteiger charge is -2.22. The van der Waals surface area contributed by atoms with Gasteiger partial charge in [0.05, 0.1) is 11.7 Å². The largest absolute Gasteiger partial charge is 0.431 e. The van der Waals surface area contributed by atoms with Crippen molar-refractivity contribution in [3.8, 4) is 11.6 Å². The Labute approximate surface area is 229 Å². The Bertz CT molecular complexity index is 1240. The van der Waals surface area contributed by atoms with Crippen LogP contribution in [0.3, 0.4) is 0 Å². The van der Waals surface area contributed by atoms with Gasteiger partial charge in [0.2, 0.25) is 23.5 Å². The first-order valence-corrected chi connectivity index (χ1v) is 14.0. The van der Waals surface area contributed by atoms with E-state index >= 15 is 0 Å². The van der Waals surface area contributed by atoms with Crippen molar-refractivity contribution in [2.75, 3.05) is 0 Å². The van der Waals surface area contributed by atoms with Gasteiger partial charge in [-0.25, -0.2) is 4.98 Å². The molecule has 39 heavy (non-hydrogen) atoms. The summed E-state index contributed by atoms with van der Waals surface area (Å²) in [5, 5.41) is 2.99. The summed E-state index contributed by atoms with van der Waals surface area (Å²) in [4.78, 5) is 47.6. The molecule has 0 radical (unpaired) electrons. The zero-order valence-corrected chi connectivity index (χ0v) is 22.6. The maximum absolute atomic E-state index is 13.9. The number of carbonyl (C=O) groups is 3. The third kappa shape index (κ3) is 8.09. The van der Waals surface area contributed by atoms with Gasteiger partial charge in [0.25, 0.3) is 0 Å². The van der Waals surface area contributed by atoms with Gasteiger partial charge in [-0.1, -0.05) is 75.4 Å². The smallest absolute Gasteiger partial charge is 0.246 e. The van der Waals surface area contributed by atoms with Crippen molar-refractivity contribution < 1.29 is 18.8 Å². The summed E-state index contributed by atoms with van der Waals surface area (Å²) < 4.78 is 5.99. The molecule has 4 rings (SSSR count). The van der Waals surface area contributed by atoms with Gasteiger partial charge in [0, 0.05) is 25.0 Å². The predicted octanol–water partition coefficient (Wildman–Crippen LogP) is 5.06. The van der Waals surface area contributed by atoms with Gasteiger partial charge in [-0.15, -0.1) is 0 Å². The fourth-order valence-corrected chi connectivity index (χ4v) is 5.13. The summed E-state index contributed by atoms with van der Waals surface area (Å²) in [5.41, 5.74) is 7.39. The molecule has 0 spiro atoms. The predicted molar refractivity (Wildman–Crippen MR) is 149 cm³/mol. The molecule has 2 atom stereocenters. The van der Waals surface area contributed by atoms with Gasteiger partial charge in [-0.3, -0.25) is 19.4 Å². The van der Waals surface area contributed by atoms with Crippen molar-refractivity contribution in [3.05, 3.63) is 71.7 Å². The molecule has 2 heterocycles. The molecule has 0 bridgehead atoms. The van der Waals surface area contributed by atoms with Crippen LogP contribution < -0.4 is 11.1 Å². The fraction of sp³-hybridized carbons (Fsp3) is 0.452. The molecule has 3 aromatic rings. The second-order valence-corrected chi connectivity index (χ2v) is 10.6. The first-order valence-electron chi connectivity index (χ1n) is 14.0. The van der Waals surface area contributed by atoms with Gasteiger partial charge in [0.1, 0.15) is 5.69 Å². The van der Waals surface area contributed by atoms with E-state index in [4.69, 9.17) is 10.2 Å². The van der Waals surface area contributed by atoms with Crippen molar-refractivity contribution in [1.29, 1.82) is 0 Å². The van der Waals surface area contributed by atoms with E-state index in [1.165, 1.54) is 32.1 Å². The number of nitrogens with one attached hydrogen (secondary N) is 1. The van der Waals surface area contributed by atoms with Crippen LogP contribution in [-0.2, 0) is 22.4 Å². The number of benzene rings is 1. The van der Waals surface area contributed by atoms with Crippen LogP contribution in [0.5, 0.6) is 0 Å². The van der Waals surface area contributed by atoms with Crippen molar-refractivity contribution in [2.45, 2.75) is 77.2 Å². The van der Waals surface area contributed by atoms with E-state index in [9.17, 15) is 14.4 Å². The van der Waals surface area contributed by atoms with Gasteiger partial charge >= 0.3 is 0 Å². The molecular formula is C31H38N4O4. The Balaban J connectivity index is 1.57. The van der Waals surface area contributed by atoms with E-state index in [0.29, 0.717) is 36.6 Å². The molecule has 3 N–H and O–H groups in total. The summed E-state index contributed by atoms with van der Waals surface area (Å²) in [6, 6.07) is 14.4. The number of oxazole rings is 1. The molecule has 0 aliphatic heterocycles. The number of nitrogens with two attached hydrogens (primary N) is 1. The number of Topliss-reactive ketones (excluding diaryl/α,β-unsaturated/α-hetero) is 1. The zero-order chi connectivity index (χ0) is 27.6. The molecule has 8 nitrogen and oxygen atoms in total. The molecule has 0 saturated heterocycles. The van der Waals surface area contributed by atoms with Crippen molar-refractivity contribution in [3.63, 3.8) is 0 Å². The zero-order valence-electron chi connectivity index (χ0n) is 22.6. The van der Waals surface area contributed by atoms with E-state index in [1.54, 1.807) is 31.3 Å². The minimum atomic E-state index is -0.795. The molecule has 1 aliphatic rings. The Morgan fingerprint density at radius 3 is 2.49 bits per heavy atom. The number of rotatable bonds is 13. The van der Waals surface area contributed by atoms with Gasteiger partial charge < -0.3 is 15.5 Å². The second-order valence-electron chi connectivity index (χ2n) is 10.6. The minimum Gasteiger partial charge on any atom is -0.431 e. The number of hydrogen-bond donors (Lipinski definition) is 2. The quantitative estimate of drug-likeness (QED) is 0.297. The van der Waals surface area contributed by atoms with E-state index in [0.717, 1.165) is 12.0 Å². The molecule has 1 aromatic carbocycles. The van der Waals surface area contributed by atoms with Crippen LogP contribution >= 0.6 is 0 Å². The Hall–Kier alpha value is -3.81. The highest BCUT2D eigenvalue weighted by Gasteiger charge is 2.31. The minimum absolute atomic E-state index is 0.0365. The average Bonchev–Trinajstić information content (AvgIpc) is 3.39. The molecular weight excluding hydrogens is 492 g/mol. The van der Waals surface area contributed by atoms with Gasteiger partial charge in [0.15, 0.2) is 5.76 Å². The number of ketones is 1. The van der Waals surface area contributed by atoms with Crippen LogP contribution in [0.4, 0.5) is 0 Å². The van der Waals surface area contributed by atoms with Crippen LogP contribution in [0.15, 0.2) is 59.1 Å². The number of amides is 2. The molecule has 2 aromatic heterocycles. The van der Waals surface area contributed by atoms with Crippen molar-refractivity contribution in [1.82, 2.24) is 15.3 Å². The molecule has 1 saturated carbocycles. The van der Waals surface area contributed by atoms with Crippen LogP contribution in [0.25, 0.3) is 11.6 Å². The van der Waals surface area contributed by atoms with E-state index in [1.807, 2.05) is 30.3 Å². The second kappa shape index (κ2) is 13.8. The highest BCUT2D eigenvalue weighted by atomic mass is 16.4. The summed E-state index contributed by atoms with van der Waals surface area (Å²) in [7, 11) is 0. The van der Waals surface area contributed by atoms with Crippen molar-refractivity contribution >= 4 is 17.6 Å². The number of pyridine rings is 1. The van der Waals surface area contributed by atoms with E-state index in [2.05, 4.69) is 15.3 Å². The van der Waals surface area contributed by atoms with Crippen LogP contribution in [0.1, 0.15) is 80.1 Å². The molecule has 206 valence electrons. The molecule has 1 aliphatic carbocycles. The van der Waals surface area contributed by atoms with Crippen LogP contribution in [0, 0.1) is 11.8 Å². The SMILES string of the molecule is C[C@@H](Cc1nc(-c2ccccn2)oc1C(=O)[C@H](CCc1ccccc1)NC(=O)CCC1CCCCC1)C(N)=O. The Morgan fingerprint density at radius 1 is 1.05 bits per heavy atom. The third-order valence-corrected chi connectivity index (χ3v) is 7.51. The standard InChI is InChI=1S/C31H38N4O4/c1-21(30(32)38)20-26-29(39-31(35-26)25-14-8-9-19-33-25)28(37)24(17-15-22-10-4-2-5-11-22)34-27(36)18-16-23-12-6-3-7-13-23/h2,4-5,8-11,14,19,21,23-24H,3,6-7,12-13,15-18,20H2,1H3,(H2,32,38)(H,34,36)/t21-,24-/m0/s1. The van der Waals surface area contributed by atoms with Crippen LogP contribution in [-0.4, -0.2) is 33.6 Å². The van der Waals surface area contributed by atoms with Gasteiger partial charge in [-0.2, -0.15) is 0 Å². The number of nitrogens with zero attached hydrogens (tertiary/aromatic N) is 2. The summed E-state index contributed by atoms with van der Waals surface area (Å²) >= 11 is 0. The third-order valence-electron chi connectivity index (χ3n) is 7.51. The van der Waals surface area contributed by atoms with Crippen molar-refractivity contribution in [2.24, 2.45) is 17.6 Å². The molecule has 0 unspecified atom stereocenters. The highest BCUT2D eigenvalue weighted by Crippen LogP contribution is 2.28. The average molecular weight is 531 g/mol. The summed E-state index contributed by atoms with van der Waals surface area (Å²) in [5.74, 6) is -0.745. The lowest BCUT2D eigenvalue weighted by molar-refractivity contribution is -0.122. The number of carbonyl (C=O) groups excluding carboxylic acids is 3. The maximum Gasteiger partial charge on any atom is 0.246 e. The lowest BCUT2D eigenvalue weighted by atomic mass is 9.86. The first kappa shape index (κ1) is 28.2. The molecule has 8 heteroatoms.